The number of carboxylic acid groups (broad SMARTS) is 1. The Morgan fingerprint density at radius 2 is 1.61 bits per heavy atom. The molecule has 0 radical (unpaired) electrons. The van der Waals surface area contributed by atoms with Crippen molar-refractivity contribution in [2.24, 2.45) is 5.92 Å². The molecule has 28 heavy (non-hydrogen) atoms. The lowest BCUT2D eigenvalue weighted by atomic mass is 9.89. The van der Waals surface area contributed by atoms with E-state index in [1.54, 1.807) is 4.90 Å². The number of aliphatic carboxylic acids is 1. The molecule has 6 nitrogen and oxygen atoms in total. The summed E-state index contributed by atoms with van der Waals surface area (Å²) in [6, 6.07) is 18.8. The number of hydrogen-bond acceptors (Lipinski definition) is 3. The quantitative estimate of drug-likeness (QED) is 0.770. The van der Waals surface area contributed by atoms with Gasteiger partial charge >= 0.3 is 5.97 Å². The molecule has 146 valence electrons. The first-order valence-electron chi connectivity index (χ1n) is 9.40. The molecule has 0 saturated carbocycles. The summed E-state index contributed by atoms with van der Waals surface area (Å²) in [5.74, 6) is -1.98. The Bertz CT molecular complexity index is 823. The van der Waals surface area contributed by atoms with Crippen LogP contribution in [0.3, 0.4) is 0 Å². The van der Waals surface area contributed by atoms with Gasteiger partial charge in [0.05, 0.1) is 12.3 Å². The summed E-state index contributed by atoms with van der Waals surface area (Å²) >= 11 is 0. The lowest BCUT2D eigenvalue weighted by molar-refractivity contribution is -0.141. The fourth-order valence-corrected chi connectivity index (χ4v) is 3.61. The molecule has 6 heteroatoms. The van der Waals surface area contributed by atoms with E-state index in [1.165, 1.54) is 0 Å². The molecule has 2 amide bonds. The minimum Gasteiger partial charge on any atom is -0.481 e. The monoisotopic (exact) mass is 380 g/mol. The van der Waals surface area contributed by atoms with Crippen molar-refractivity contribution in [2.45, 2.75) is 18.8 Å². The summed E-state index contributed by atoms with van der Waals surface area (Å²) in [6.07, 6.45) is 0.435. The van der Waals surface area contributed by atoms with Crippen molar-refractivity contribution < 1.29 is 19.5 Å². The highest BCUT2D eigenvalue weighted by molar-refractivity contribution is 5.81. The Morgan fingerprint density at radius 3 is 2.25 bits per heavy atom. The van der Waals surface area contributed by atoms with Crippen LogP contribution in [0, 0.1) is 5.92 Å². The van der Waals surface area contributed by atoms with E-state index in [9.17, 15) is 19.5 Å². The third kappa shape index (κ3) is 4.97. The number of carbonyl (C=O) groups excluding carboxylic acids is 2. The maximum Gasteiger partial charge on any atom is 0.308 e. The number of nitrogens with zero attached hydrogens (tertiary/aromatic N) is 1. The number of nitrogens with one attached hydrogen (secondary N) is 1. The van der Waals surface area contributed by atoms with Crippen molar-refractivity contribution in [2.75, 3.05) is 19.6 Å². The number of carboxylic acids is 1. The van der Waals surface area contributed by atoms with Gasteiger partial charge in [-0.05, 0) is 11.1 Å². The average molecular weight is 380 g/mol. The van der Waals surface area contributed by atoms with Crippen LogP contribution in [0.4, 0.5) is 0 Å². The molecular weight excluding hydrogens is 356 g/mol. The first kappa shape index (κ1) is 19.6. The van der Waals surface area contributed by atoms with Crippen molar-refractivity contribution >= 4 is 17.8 Å². The van der Waals surface area contributed by atoms with Gasteiger partial charge in [-0.15, -0.1) is 0 Å². The van der Waals surface area contributed by atoms with E-state index in [1.807, 2.05) is 60.7 Å². The Hall–Kier alpha value is -3.15. The van der Waals surface area contributed by atoms with Gasteiger partial charge in [0.25, 0.3) is 0 Å². The highest BCUT2D eigenvalue weighted by Crippen LogP contribution is 2.33. The van der Waals surface area contributed by atoms with Crippen LogP contribution in [0.1, 0.15) is 23.5 Å². The van der Waals surface area contributed by atoms with Gasteiger partial charge in [-0.3, -0.25) is 14.4 Å². The second kappa shape index (κ2) is 9.17. The van der Waals surface area contributed by atoms with Crippen LogP contribution in [0.15, 0.2) is 60.7 Å². The predicted molar refractivity (Wildman–Crippen MR) is 105 cm³/mol. The van der Waals surface area contributed by atoms with Gasteiger partial charge in [-0.1, -0.05) is 60.7 Å². The van der Waals surface area contributed by atoms with Gasteiger partial charge in [0.1, 0.15) is 0 Å². The first-order valence-corrected chi connectivity index (χ1v) is 9.40. The van der Waals surface area contributed by atoms with Gasteiger partial charge in [0.15, 0.2) is 0 Å². The van der Waals surface area contributed by atoms with E-state index < -0.39 is 11.9 Å². The number of rotatable bonds is 7. The molecule has 1 fully saturated rings. The van der Waals surface area contributed by atoms with Crippen LogP contribution in [0.2, 0.25) is 0 Å². The molecule has 0 aromatic heterocycles. The molecule has 2 N–H and O–H groups in total. The molecule has 3 rings (SSSR count). The normalized spacial score (nSPS) is 18.6. The van der Waals surface area contributed by atoms with Crippen LogP contribution in [0.25, 0.3) is 0 Å². The van der Waals surface area contributed by atoms with Crippen molar-refractivity contribution in [1.82, 2.24) is 10.2 Å². The van der Waals surface area contributed by atoms with Crippen molar-refractivity contribution in [3.63, 3.8) is 0 Å². The third-order valence-electron chi connectivity index (χ3n) is 5.09. The van der Waals surface area contributed by atoms with Crippen LogP contribution < -0.4 is 5.32 Å². The molecule has 1 saturated heterocycles. The summed E-state index contributed by atoms with van der Waals surface area (Å²) in [5.41, 5.74) is 1.85. The van der Waals surface area contributed by atoms with E-state index in [0.717, 1.165) is 11.1 Å². The van der Waals surface area contributed by atoms with E-state index in [2.05, 4.69) is 5.32 Å². The van der Waals surface area contributed by atoms with E-state index >= 15 is 0 Å². The van der Waals surface area contributed by atoms with Gasteiger partial charge in [-0.2, -0.15) is 0 Å². The maximum atomic E-state index is 12.5. The summed E-state index contributed by atoms with van der Waals surface area (Å²) in [4.78, 5) is 37.7. The van der Waals surface area contributed by atoms with E-state index in [-0.39, 0.29) is 43.7 Å². The van der Waals surface area contributed by atoms with Gasteiger partial charge in [-0.25, -0.2) is 0 Å². The average Bonchev–Trinajstić information content (AvgIpc) is 3.15. The number of likely N-dealkylation sites (tertiary alicyclic amines) is 1. The molecule has 2 atom stereocenters. The van der Waals surface area contributed by atoms with E-state index in [4.69, 9.17) is 0 Å². The zero-order chi connectivity index (χ0) is 19.9. The highest BCUT2D eigenvalue weighted by Gasteiger charge is 2.40. The Morgan fingerprint density at radius 1 is 0.964 bits per heavy atom. The fraction of sp³-hybridized carbons (Fsp3) is 0.318. The Kier molecular flexibility index (Phi) is 6.42. The molecule has 0 bridgehead atoms. The van der Waals surface area contributed by atoms with Gasteiger partial charge in [0.2, 0.25) is 11.8 Å². The minimum absolute atomic E-state index is 0.133. The fourth-order valence-electron chi connectivity index (χ4n) is 3.61. The number of carbonyl (C=O) groups is 3. The largest absolute Gasteiger partial charge is 0.481 e. The number of amides is 2. The highest BCUT2D eigenvalue weighted by atomic mass is 16.4. The predicted octanol–water partition coefficient (Wildman–Crippen LogP) is 2.06. The van der Waals surface area contributed by atoms with Crippen LogP contribution in [0.5, 0.6) is 0 Å². The van der Waals surface area contributed by atoms with Crippen molar-refractivity contribution in [3.05, 3.63) is 71.8 Å². The molecular formula is C22H24N2O4. The second-order valence-corrected chi connectivity index (χ2v) is 7.02. The molecule has 0 unspecified atom stereocenters. The number of benzene rings is 2. The van der Waals surface area contributed by atoms with Crippen LogP contribution >= 0.6 is 0 Å². The van der Waals surface area contributed by atoms with E-state index in [0.29, 0.717) is 6.54 Å². The molecule has 0 spiro atoms. The summed E-state index contributed by atoms with van der Waals surface area (Å²) in [5, 5.41) is 12.3. The smallest absolute Gasteiger partial charge is 0.308 e. The summed E-state index contributed by atoms with van der Waals surface area (Å²) in [7, 11) is 0. The zero-order valence-corrected chi connectivity index (χ0v) is 15.6. The molecule has 2 aromatic rings. The van der Waals surface area contributed by atoms with Crippen LogP contribution in [-0.4, -0.2) is 47.4 Å². The lowest BCUT2D eigenvalue weighted by Gasteiger charge is -2.17. The Balaban J connectivity index is 1.50. The van der Waals surface area contributed by atoms with Gasteiger partial charge in [0, 0.05) is 32.0 Å². The standard InChI is InChI=1S/C22H24N2O4/c25-20(13-16-7-3-1-4-8-16)23-12-11-21(26)24-14-18(19(15-24)22(27)28)17-9-5-2-6-10-17/h1-10,18-19H,11-15H2,(H,23,25)(H,27,28)/t18-,19-/m1/s1. The van der Waals surface area contributed by atoms with Crippen LogP contribution in [-0.2, 0) is 20.8 Å². The summed E-state index contributed by atoms with van der Waals surface area (Å²) in [6.45, 7) is 0.832. The first-order chi connectivity index (χ1) is 13.5. The van der Waals surface area contributed by atoms with Crippen molar-refractivity contribution in [3.8, 4) is 0 Å². The third-order valence-corrected chi connectivity index (χ3v) is 5.09. The van der Waals surface area contributed by atoms with Gasteiger partial charge < -0.3 is 15.3 Å². The second-order valence-electron chi connectivity index (χ2n) is 7.02. The Labute approximate surface area is 164 Å². The topological polar surface area (TPSA) is 86.7 Å². The zero-order valence-electron chi connectivity index (χ0n) is 15.6. The molecule has 1 heterocycles. The molecule has 2 aromatic carbocycles. The van der Waals surface area contributed by atoms with Crippen molar-refractivity contribution in [1.29, 1.82) is 0 Å². The molecule has 0 aliphatic carbocycles. The molecule has 1 aliphatic heterocycles. The molecule has 1 aliphatic rings. The maximum absolute atomic E-state index is 12.5. The lowest BCUT2D eigenvalue weighted by Crippen LogP contribution is -2.34. The number of hydrogen-bond donors (Lipinski definition) is 2. The summed E-state index contributed by atoms with van der Waals surface area (Å²) < 4.78 is 0. The minimum atomic E-state index is -0.889. The SMILES string of the molecule is O=C(Cc1ccccc1)NCCC(=O)N1C[C@H](c2ccccc2)[C@H](C(=O)O)C1.